The standard InChI is InChI=1S/C16H22N2O5/c1-3-13-12(16(21)22)8-14(23-13)15(20)17-9-11-4-6-18(7-5-11)10(2)19/h8,11H,3-7,9H2,1-2H3,(H,17,20)(H,21,22). The molecule has 0 spiro atoms. The van der Waals surface area contributed by atoms with Crippen LogP contribution in [0.25, 0.3) is 0 Å². The van der Waals surface area contributed by atoms with Gasteiger partial charge in [-0.25, -0.2) is 4.79 Å². The van der Waals surface area contributed by atoms with E-state index in [1.165, 1.54) is 6.07 Å². The summed E-state index contributed by atoms with van der Waals surface area (Å²) in [6.45, 7) is 5.24. The minimum absolute atomic E-state index is 0.0282. The number of carbonyl (C=O) groups is 3. The minimum Gasteiger partial charge on any atom is -0.478 e. The Bertz CT molecular complexity index is 600. The summed E-state index contributed by atoms with van der Waals surface area (Å²) in [5, 5.41) is 11.9. The number of rotatable bonds is 5. The van der Waals surface area contributed by atoms with E-state index < -0.39 is 11.9 Å². The third-order valence-electron chi connectivity index (χ3n) is 4.20. The highest BCUT2D eigenvalue weighted by molar-refractivity contribution is 5.96. The maximum Gasteiger partial charge on any atom is 0.339 e. The average Bonchev–Trinajstić information content (AvgIpc) is 2.97. The van der Waals surface area contributed by atoms with Gasteiger partial charge in [-0.2, -0.15) is 0 Å². The molecule has 0 atom stereocenters. The number of carboxylic acids is 1. The van der Waals surface area contributed by atoms with Crippen LogP contribution in [-0.4, -0.2) is 47.4 Å². The van der Waals surface area contributed by atoms with Crippen LogP contribution in [0.2, 0.25) is 0 Å². The molecule has 1 aliphatic rings. The van der Waals surface area contributed by atoms with Crippen molar-refractivity contribution in [3.63, 3.8) is 0 Å². The Labute approximate surface area is 134 Å². The molecular formula is C16H22N2O5. The SMILES string of the molecule is CCc1oc(C(=O)NCC2CCN(C(C)=O)CC2)cc1C(=O)O. The largest absolute Gasteiger partial charge is 0.478 e. The molecular weight excluding hydrogens is 300 g/mol. The van der Waals surface area contributed by atoms with Crippen LogP contribution < -0.4 is 5.32 Å². The van der Waals surface area contributed by atoms with Gasteiger partial charge in [-0.1, -0.05) is 6.92 Å². The number of furan rings is 1. The number of amides is 2. The number of hydrogen-bond donors (Lipinski definition) is 2. The van der Waals surface area contributed by atoms with Crippen molar-refractivity contribution in [2.75, 3.05) is 19.6 Å². The third-order valence-corrected chi connectivity index (χ3v) is 4.20. The van der Waals surface area contributed by atoms with E-state index in [4.69, 9.17) is 9.52 Å². The highest BCUT2D eigenvalue weighted by Gasteiger charge is 2.23. The van der Waals surface area contributed by atoms with Crippen molar-refractivity contribution in [3.05, 3.63) is 23.2 Å². The Morgan fingerprint density at radius 3 is 2.48 bits per heavy atom. The average molecular weight is 322 g/mol. The number of nitrogens with zero attached hydrogens (tertiary/aromatic N) is 1. The summed E-state index contributed by atoms with van der Waals surface area (Å²) in [4.78, 5) is 36.3. The second-order valence-electron chi connectivity index (χ2n) is 5.77. The molecule has 1 aliphatic heterocycles. The minimum atomic E-state index is -1.10. The van der Waals surface area contributed by atoms with Gasteiger partial charge in [-0.3, -0.25) is 9.59 Å². The van der Waals surface area contributed by atoms with Crippen LogP contribution in [0, 0.1) is 5.92 Å². The molecule has 23 heavy (non-hydrogen) atoms. The molecule has 0 bridgehead atoms. The molecule has 126 valence electrons. The van der Waals surface area contributed by atoms with Gasteiger partial charge in [0.05, 0.1) is 0 Å². The fourth-order valence-corrected chi connectivity index (χ4v) is 2.76. The number of likely N-dealkylation sites (tertiary alicyclic amines) is 1. The zero-order valence-electron chi connectivity index (χ0n) is 13.4. The van der Waals surface area contributed by atoms with Crippen molar-refractivity contribution >= 4 is 17.8 Å². The van der Waals surface area contributed by atoms with Gasteiger partial charge in [0, 0.05) is 39.0 Å². The molecule has 7 nitrogen and oxygen atoms in total. The molecule has 2 N–H and O–H groups in total. The first kappa shape index (κ1) is 17.1. The van der Waals surface area contributed by atoms with Crippen molar-refractivity contribution < 1.29 is 23.9 Å². The van der Waals surface area contributed by atoms with Gasteiger partial charge < -0.3 is 19.7 Å². The molecule has 2 rings (SSSR count). The lowest BCUT2D eigenvalue weighted by molar-refractivity contribution is -0.130. The molecule has 0 aromatic carbocycles. The molecule has 0 aliphatic carbocycles. The van der Waals surface area contributed by atoms with E-state index in [1.807, 2.05) is 0 Å². The molecule has 1 saturated heterocycles. The van der Waals surface area contributed by atoms with Crippen LogP contribution in [0.4, 0.5) is 0 Å². The summed E-state index contributed by atoms with van der Waals surface area (Å²) in [5.41, 5.74) is 0.0346. The number of aryl methyl sites for hydroxylation is 1. The molecule has 1 aromatic heterocycles. The quantitative estimate of drug-likeness (QED) is 0.856. The Morgan fingerprint density at radius 2 is 2.00 bits per heavy atom. The fraction of sp³-hybridized carbons (Fsp3) is 0.562. The summed E-state index contributed by atoms with van der Waals surface area (Å²) < 4.78 is 5.33. The summed E-state index contributed by atoms with van der Waals surface area (Å²) in [6, 6.07) is 1.27. The van der Waals surface area contributed by atoms with E-state index in [2.05, 4.69) is 5.32 Å². The number of aromatic carboxylic acids is 1. The number of hydrogen-bond acceptors (Lipinski definition) is 4. The summed E-state index contributed by atoms with van der Waals surface area (Å²) in [6.07, 6.45) is 2.11. The lowest BCUT2D eigenvalue weighted by atomic mass is 9.97. The Balaban J connectivity index is 1.88. The summed E-state index contributed by atoms with van der Waals surface area (Å²) in [5.74, 6) is -0.772. The molecule has 0 saturated carbocycles. The van der Waals surface area contributed by atoms with Gasteiger partial charge in [0.25, 0.3) is 5.91 Å². The van der Waals surface area contributed by atoms with Gasteiger partial charge in [0.1, 0.15) is 11.3 Å². The molecule has 2 amide bonds. The first-order valence-electron chi connectivity index (χ1n) is 7.82. The van der Waals surface area contributed by atoms with E-state index in [1.54, 1.807) is 18.7 Å². The lowest BCUT2D eigenvalue weighted by Crippen LogP contribution is -2.40. The van der Waals surface area contributed by atoms with E-state index >= 15 is 0 Å². The van der Waals surface area contributed by atoms with Crippen molar-refractivity contribution in [2.24, 2.45) is 5.92 Å². The molecule has 0 unspecified atom stereocenters. The number of carbonyl (C=O) groups excluding carboxylic acids is 2. The van der Waals surface area contributed by atoms with Crippen molar-refractivity contribution in [2.45, 2.75) is 33.1 Å². The Morgan fingerprint density at radius 1 is 1.35 bits per heavy atom. The van der Waals surface area contributed by atoms with E-state index in [0.29, 0.717) is 37.7 Å². The summed E-state index contributed by atoms with van der Waals surface area (Å²) >= 11 is 0. The molecule has 1 fully saturated rings. The van der Waals surface area contributed by atoms with E-state index in [-0.39, 0.29) is 17.2 Å². The normalized spacial score (nSPS) is 15.5. The third kappa shape index (κ3) is 4.12. The molecule has 7 heteroatoms. The van der Waals surface area contributed by atoms with Gasteiger partial charge in [0.15, 0.2) is 5.76 Å². The number of nitrogens with one attached hydrogen (secondary N) is 1. The van der Waals surface area contributed by atoms with Crippen molar-refractivity contribution in [1.29, 1.82) is 0 Å². The van der Waals surface area contributed by atoms with Gasteiger partial charge in [0.2, 0.25) is 5.91 Å². The van der Waals surface area contributed by atoms with Gasteiger partial charge in [-0.15, -0.1) is 0 Å². The van der Waals surface area contributed by atoms with Crippen molar-refractivity contribution in [1.82, 2.24) is 10.2 Å². The van der Waals surface area contributed by atoms with Crippen LogP contribution in [0.5, 0.6) is 0 Å². The van der Waals surface area contributed by atoms with E-state index in [9.17, 15) is 14.4 Å². The van der Waals surface area contributed by atoms with Crippen LogP contribution >= 0.6 is 0 Å². The lowest BCUT2D eigenvalue weighted by Gasteiger charge is -2.31. The smallest absolute Gasteiger partial charge is 0.339 e. The zero-order chi connectivity index (χ0) is 17.0. The monoisotopic (exact) mass is 322 g/mol. The van der Waals surface area contributed by atoms with Crippen LogP contribution in [-0.2, 0) is 11.2 Å². The second-order valence-corrected chi connectivity index (χ2v) is 5.77. The molecule has 0 radical (unpaired) electrons. The van der Waals surface area contributed by atoms with Crippen LogP contribution in [0.1, 0.15) is 53.4 Å². The van der Waals surface area contributed by atoms with Gasteiger partial charge >= 0.3 is 5.97 Å². The molecule has 1 aromatic rings. The Kier molecular flexibility index (Phi) is 5.41. The van der Waals surface area contributed by atoms with Crippen LogP contribution in [0.3, 0.4) is 0 Å². The summed E-state index contributed by atoms with van der Waals surface area (Å²) in [7, 11) is 0. The predicted molar refractivity (Wildman–Crippen MR) is 82.4 cm³/mol. The maximum absolute atomic E-state index is 12.1. The highest BCUT2D eigenvalue weighted by atomic mass is 16.4. The van der Waals surface area contributed by atoms with Gasteiger partial charge in [-0.05, 0) is 18.8 Å². The van der Waals surface area contributed by atoms with Crippen LogP contribution in [0.15, 0.2) is 10.5 Å². The Hall–Kier alpha value is -2.31. The zero-order valence-corrected chi connectivity index (χ0v) is 13.4. The number of piperidine rings is 1. The second kappa shape index (κ2) is 7.30. The maximum atomic E-state index is 12.1. The topological polar surface area (TPSA) is 99.9 Å². The highest BCUT2D eigenvalue weighted by Crippen LogP contribution is 2.18. The molecule has 2 heterocycles. The number of carboxylic acid groups (broad SMARTS) is 1. The predicted octanol–water partition coefficient (Wildman–Crippen LogP) is 1.53. The van der Waals surface area contributed by atoms with E-state index in [0.717, 1.165) is 12.8 Å². The first-order chi connectivity index (χ1) is 10.9. The fourth-order valence-electron chi connectivity index (χ4n) is 2.76. The first-order valence-corrected chi connectivity index (χ1v) is 7.82. The van der Waals surface area contributed by atoms with Crippen molar-refractivity contribution in [3.8, 4) is 0 Å².